The van der Waals surface area contributed by atoms with Gasteiger partial charge in [0.2, 0.25) is 11.8 Å². The van der Waals surface area contributed by atoms with Crippen molar-refractivity contribution in [1.82, 2.24) is 9.80 Å². The van der Waals surface area contributed by atoms with Gasteiger partial charge in [0.25, 0.3) is 5.91 Å². The standard InChI is InChI=1S/C28H25ClN4O3/c1-32(28(36)24-15-20(12-13-25(24)29)19-8-4-2-5-9-19)18-26(34)33-17-21(14-23(33)16-30)27(35)31-22-10-6-3-7-11-22/h2-13,15,21,23H,14,17-18H2,1H3,(H,31,35). The highest BCUT2D eigenvalue weighted by atomic mass is 35.5. The topological polar surface area (TPSA) is 93.5 Å². The number of benzene rings is 3. The zero-order chi connectivity index (χ0) is 25.7. The molecule has 1 fully saturated rings. The molecule has 7 nitrogen and oxygen atoms in total. The summed E-state index contributed by atoms with van der Waals surface area (Å²) in [5, 5.41) is 12.7. The summed E-state index contributed by atoms with van der Waals surface area (Å²) in [6.07, 6.45) is 0.240. The Balaban J connectivity index is 1.43. The number of rotatable bonds is 6. The predicted molar refractivity (Wildman–Crippen MR) is 138 cm³/mol. The molecule has 182 valence electrons. The van der Waals surface area contributed by atoms with E-state index in [1.807, 2.05) is 54.6 Å². The third kappa shape index (κ3) is 5.56. The average molecular weight is 501 g/mol. The lowest BCUT2D eigenvalue weighted by Gasteiger charge is -2.24. The third-order valence-corrected chi connectivity index (χ3v) is 6.54. The molecule has 36 heavy (non-hydrogen) atoms. The number of nitrogens with one attached hydrogen (secondary N) is 1. The quantitative estimate of drug-likeness (QED) is 0.540. The van der Waals surface area contributed by atoms with E-state index in [1.165, 1.54) is 16.8 Å². The Morgan fingerprint density at radius 1 is 1.03 bits per heavy atom. The first-order chi connectivity index (χ1) is 17.4. The first-order valence-corrected chi connectivity index (χ1v) is 11.9. The maximum atomic E-state index is 13.2. The molecule has 8 heteroatoms. The fourth-order valence-corrected chi connectivity index (χ4v) is 4.46. The monoisotopic (exact) mass is 500 g/mol. The average Bonchev–Trinajstić information content (AvgIpc) is 3.35. The molecule has 2 unspecified atom stereocenters. The van der Waals surface area contributed by atoms with Gasteiger partial charge < -0.3 is 15.1 Å². The molecule has 0 aromatic heterocycles. The van der Waals surface area contributed by atoms with E-state index in [2.05, 4.69) is 11.4 Å². The highest BCUT2D eigenvalue weighted by Crippen LogP contribution is 2.27. The van der Waals surface area contributed by atoms with Gasteiger partial charge in [-0.25, -0.2) is 0 Å². The highest BCUT2D eigenvalue weighted by molar-refractivity contribution is 6.34. The van der Waals surface area contributed by atoms with E-state index in [1.54, 1.807) is 24.3 Å². The molecule has 3 aromatic rings. The second-order valence-electron chi connectivity index (χ2n) is 8.70. The number of likely N-dealkylation sites (tertiary alicyclic amines) is 1. The van der Waals surface area contributed by atoms with Gasteiger partial charge in [0.05, 0.1) is 29.1 Å². The molecule has 3 aromatic carbocycles. The Morgan fingerprint density at radius 3 is 2.36 bits per heavy atom. The number of hydrogen-bond donors (Lipinski definition) is 1. The van der Waals surface area contributed by atoms with Crippen molar-refractivity contribution in [3.63, 3.8) is 0 Å². The Kier molecular flexibility index (Phi) is 7.67. The number of amides is 3. The molecule has 0 bridgehead atoms. The number of nitrogens with zero attached hydrogens (tertiary/aromatic N) is 3. The van der Waals surface area contributed by atoms with Crippen LogP contribution in [0.5, 0.6) is 0 Å². The van der Waals surface area contributed by atoms with Crippen LogP contribution < -0.4 is 5.32 Å². The van der Waals surface area contributed by atoms with Crippen LogP contribution in [-0.4, -0.2) is 53.7 Å². The lowest BCUT2D eigenvalue weighted by Crippen LogP contribution is -2.43. The first-order valence-electron chi connectivity index (χ1n) is 11.5. The van der Waals surface area contributed by atoms with Gasteiger partial charge >= 0.3 is 0 Å². The van der Waals surface area contributed by atoms with Gasteiger partial charge in [-0.05, 0) is 41.8 Å². The molecule has 1 aliphatic rings. The predicted octanol–water partition coefficient (Wildman–Crippen LogP) is 4.46. The van der Waals surface area contributed by atoms with Crippen molar-refractivity contribution in [3.05, 3.63) is 89.4 Å². The number of nitriles is 1. The number of likely N-dealkylation sites (N-methyl/N-ethyl adjacent to an activating group) is 1. The summed E-state index contributed by atoms with van der Waals surface area (Å²) in [5.74, 6) is -1.57. The van der Waals surface area contributed by atoms with Crippen LogP contribution in [0.15, 0.2) is 78.9 Å². The van der Waals surface area contributed by atoms with Crippen molar-refractivity contribution < 1.29 is 14.4 Å². The van der Waals surface area contributed by atoms with E-state index >= 15 is 0 Å². The molecular formula is C28H25ClN4O3. The molecule has 0 saturated carbocycles. The van der Waals surface area contributed by atoms with Crippen LogP contribution in [0, 0.1) is 17.2 Å². The summed E-state index contributed by atoms with van der Waals surface area (Å²) in [7, 11) is 1.52. The van der Waals surface area contributed by atoms with Crippen LogP contribution in [0.1, 0.15) is 16.8 Å². The van der Waals surface area contributed by atoms with Crippen molar-refractivity contribution in [2.24, 2.45) is 5.92 Å². The van der Waals surface area contributed by atoms with E-state index < -0.39 is 23.8 Å². The SMILES string of the molecule is CN(CC(=O)N1CC(C(=O)Nc2ccccc2)CC1C#N)C(=O)c1cc(-c2ccccc2)ccc1Cl. The maximum absolute atomic E-state index is 13.2. The van der Waals surface area contributed by atoms with Crippen molar-refractivity contribution in [2.45, 2.75) is 12.5 Å². The van der Waals surface area contributed by atoms with Gasteiger partial charge in [-0.15, -0.1) is 0 Å². The minimum atomic E-state index is -0.738. The van der Waals surface area contributed by atoms with Gasteiger partial charge in [-0.1, -0.05) is 66.2 Å². The van der Waals surface area contributed by atoms with E-state index in [4.69, 9.17) is 11.6 Å². The van der Waals surface area contributed by atoms with Crippen LogP contribution in [0.2, 0.25) is 5.02 Å². The molecule has 0 aliphatic carbocycles. The van der Waals surface area contributed by atoms with Crippen LogP contribution in [0.4, 0.5) is 5.69 Å². The van der Waals surface area contributed by atoms with Crippen molar-refractivity contribution in [3.8, 4) is 17.2 Å². The van der Waals surface area contributed by atoms with Crippen molar-refractivity contribution in [2.75, 3.05) is 25.5 Å². The number of para-hydroxylation sites is 1. The Hall–Kier alpha value is -4.15. The minimum absolute atomic E-state index is 0.113. The summed E-state index contributed by atoms with van der Waals surface area (Å²) in [5.41, 5.74) is 2.71. The van der Waals surface area contributed by atoms with Crippen LogP contribution in [0.25, 0.3) is 11.1 Å². The first kappa shape index (κ1) is 25.0. The van der Waals surface area contributed by atoms with E-state index in [0.29, 0.717) is 5.69 Å². The van der Waals surface area contributed by atoms with E-state index in [-0.39, 0.29) is 36.0 Å². The number of halogens is 1. The van der Waals surface area contributed by atoms with Gasteiger partial charge in [0.15, 0.2) is 0 Å². The fourth-order valence-electron chi connectivity index (χ4n) is 4.26. The molecule has 2 atom stereocenters. The third-order valence-electron chi connectivity index (χ3n) is 6.21. The van der Waals surface area contributed by atoms with Gasteiger partial charge in [0, 0.05) is 19.3 Å². The summed E-state index contributed by atoms with van der Waals surface area (Å²) in [6.45, 7) is -0.127. The molecule has 3 amide bonds. The largest absolute Gasteiger partial charge is 0.332 e. The second-order valence-corrected chi connectivity index (χ2v) is 9.11. The number of anilines is 1. The molecule has 1 N–H and O–H groups in total. The minimum Gasteiger partial charge on any atom is -0.332 e. The molecule has 0 spiro atoms. The number of carbonyl (C=O) groups is 3. The molecular weight excluding hydrogens is 476 g/mol. The summed E-state index contributed by atoms with van der Waals surface area (Å²) in [6, 6.07) is 25.2. The summed E-state index contributed by atoms with van der Waals surface area (Å²) < 4.78 is 0. The highest BCUT2D eigenvalue weighted by Gasteiger charge is 2.39. The summed E-state index contributed by atoms with van der Waals surface area (Å²) >= 11 is 6.32. The van der Waals surface area contributed by atoms with Crippen LogP contribution >= 0.6 is 11.6 Å². The Labute approximate surface area is 214 Å². The fraction of sp³-hybridized carbons (Fsp3) is 0.214. The number of hydrogen-bond acceptors (Lipinski definition) is 4. The van der Waals surface area contributed by atoms with E-state index in [0.717, 1.165) is 11.1 Å². The summed E-state index contributed by atoms with van der Waals surface area (Å²) in [4.78, 5) is 41.6. The molecule has 1 heterocycles. The molecule has 0 radical (unpaired) electrons. The number of carbonyl (C=O) groups excluding carboxylic acids is 3. The molecule has 1 aliphatic heterocycles. The second kappa shape index (κ2) is 11.1. The Morgan fingerprint density at radius 2 is 1.69 bits per heavy atom. The normalized spacial score (nSPS) is 16.8. The zero-order valence-electron chi connectivity index (χ0n) is 19.7. The van der Waals surface area contributed by atoms with Crippen molar-refractivity contribution in [1.29, 1.82) is 5.26 Å². The van der Waals surface area contributed by atoms with Gasteiger partial charge in [-0.3, -0.25) is 14.4 Å². The Bertz CT molecular complexity index is 1310. The smallest absolute Gasteiger partial charge is 0.255 e. The van der Waals surface area contributed by atoms with E-state index in [9.17, 15) is 19.6 Å². The van der Waals surface area contributed by atoms with Gasteiger partial charge in [-0.2, -0.15) is 5.26 Å². The lowest BCUT2D eigenvalue weighted by atomic mass is 10.0. The zero-order valence-corrected chi connectivity index (χ0v) is 20.5. The van der Waals surface area contributed by atoms with Crippen LogP contribution in [-0.2, 0) is 9.59 Å². The van der Waals surface area contributed by atoms with Crippen LogP contribution in [0.3, 0.4) is 0 Å². The maximum Gasteiger partial charge on any atom is 0.255 e. The molecule has 1 saturated heterocycles. The lowest BCUT2D eigenvalue weighted by molar-refractivity contribution is -0.131. The van der Waals surface area contributed by atoms with Gasteiger partial charge in [0.1, 0.15) is 6.04 Å². The van der Waals surface area contributed by atoms with Crippen molar-refractivity contribution >= 4 is 35.0 Å². The molecule has 4 rings (SSSR count).